The highest BCUT2D eigenvalue weighted by atomic mass is 16.5. The molecule has 2 amide bonds. The first kappa shape index (κ1) is 19.8. The number of anilines is 1. The first-order valence-corrected chi connectivity index (χ1v) is 7.57. The van der Waals surface area contributed by atoms with E-state index < -0.39 is 23.5 Å². The quantitative estimate of drug-likeness (QED) is 0.233. The molecule has 0 radical (unpaired) electrons. The number of carbonyl (C=O) groups excluding carboxylic acids is 3. The summed E-state index contributed by atoms with van der Waals surface area (Å²) >= 11 is 0. The Hall–Kier alpha value is -3.23. The minimum atomic E-state index is -1.04. The second kappa shape index (κ2) is 9.81. The Kier molecular flexibility index (Phi) is 7.77. The van der Waals surface area contributed by atoms with Gasteiger partial charge in [-0.25, -0.2) is 10.2 Å². The number of para-hydroxylation sites is 1. The van der Waals surface area contributed by atoms with E-state index in [9.17, 15) is 14.4 Å². The van der Waals surface area contributed by atoms with Crippen molar-refractivity contribution in [1.82, 2.24) is 5.43 Å². The van der Waals surface area contributed by atoms with Crippen LogP contribution in [0.25, 0.3) is 0 Å². The van der Waals surface area contributed by atoms with E-state index >= 15 is 0 Å². The number of nitrogens with zero attached hydrogens (tertiary/aromatic N) is 2. The number of rotatable bonds is 6. The number of carbonyl (C=O) groups is 3. The van der Waals surface area contributed by atoms with Crippen LogP contribution in [0.3, 0.4) is 0 Å². The molecule has 0 aliphatic rings. The molecule has 0 spiro atoms. The average Bonchev–Trinajstić information content (AvgIpc) is 2.60. The molecule has 0 fully saturated rings. The Bertz CT molecular complexity index is 712. The zero-order valence-electron chi connectivity index (χ0n) is 14.2. The number of hydrazone groups is 1. The number of esters is 1. The molecule has 9 heteroatoms. The first-order chi connectivity index (χ1) is 11.9. The van der Waals surface area contributed by atoms with Gasteiger partial charge in [-0.3, -0.25) is 9.59 Å². The van der Waals surface area contributed by atoms with Crippen molar-refractivity contribution in [3.05, 3.63) is 29.8 Å². The summed E-state index contributed by atoms with van der Waals surface area (Å²) in [7, 11) is 0. The molecular formula is C16H20N4O5. The number of hydrogen-bond acceptors (Lipinski definition) is 7. The van der Waals surface area contributed by atoms with Crippen molar-refractivity contribution in [2.45, 2.75) is 27.2 Å². The van der Waals surface area contributed by atoms with Crippen molar-refractivity contribution in [3.8, 4) is 0 Å². The summed E-state index contributed by atoms with van der Waals surface area (Å²) in [5.74, 6) is -2.86. The molecule has 0 aromatic heterocycles. The highest BCUT2D eigenvalue weighted by molar-refractivity contribution is 6.65. The Labute approximate surface area is 144 Å². The molecular weight excluding hydrogens is 328 g/mol. The van der Waals surface area contributed by atoms with Crippen LogP contribution < -0.4 is 10.7 Å². The third-order valence-corrected chi connectivity index (χ3v) is 3.09. The Morgan fingerprint density at radius 2 is 1.84 bits per heavy atom. The zero-order chi connectivity index (χ0) is 18.8. The molecule has 0 aliphatic carbocycles. The number of nitrogens with one attached hydrogen (secondary N) is 2. The zero-order valence-corrected chi connectivity index (χ0v) is 14.2. The standard InChI is InChI=1S/C16H20N4O5/c1-4-11-8-6-7-9-12(11)17-14(21)15(22)19-18-10(3)13(20-24)16(23)25-5-2/h6-9,24H,4-5H2,1-3H3,(H,17,21)(H,19,22)/b18-10+,20-13-. The third kappa shape index (κ3) is 5.72. The monoisotopic (exact) mass is 348 g/mol. The molecule has 0 aliphatic heterocycles. The third-order valence-electron chi connectivity index (χ3n) is 3.09. The maximum absolute atomic E-state index is 11.9. The van der Waals surface area contributed by atoms with E-state index in [0.717, 1.165) is 5.56 Å². The second-order valence-electron chi connectivity index (χ2n) is 4.77. The molecule has 1 aromatic carbocycles. The van der Waals surface area contributed by atoms with Gasteiger partial charge in [-0.1, -0.05) is 30.3 Å². The molecule has 3 N–H and O–H groups in total. The van der Waals surface area contributed by atoms with Crippen molar-refractivity contribution in [2.24, 2.45) is 10.3 Å². The van der Waals surface area contributed by atoms with E-state index in [1.54, 1.807) is 19.1 Å². The molecule has 0 saturated heterocycles. The molecule has 0 unspecified atom stereocenters. The largest absolute Gasteiger partial charge is 0.461 e. The number of ether oxygens (including phenoxy) is 1. The number of amides is 2. The van der Waals surface area contributed by atoms with Gasteiger partial charge in [0, 0.05) is 5.69 Å². The number of oxime groups is 1. The highest BCUT2D eigenvalue weighted by Gasteiger charge is 2.19. The minimum absolute atomic E-state index is 0.0801. The van der Waals surface area contributed by atoms with Crippen LogP contribution in [0.5, 0.6) is 0 Å². The lowest BCUT2D eigenvalue weighted by Crippen LogP contribution is -2.34. The van der Waals surface area contributed by atoms with Crippen LogP contribution >= 0.6 is 0 Å². The molecule has 0 bridgehead atoms. The van der Waals surface area contributed by atoms with E-state index in [1.165, 1.54) is 6.92 Å². The Morgan fingerprint density at radius 3 is 2.44 bits per heavy atom. The van der Waals surface area contributed by atoms with Gasteiger partial charge in [-0.2, -0.15) is 5.10 Å². The van der Waals surface area contributed by atoms with E-state index in [2.05, 4.69) is 20.3 Å². The molecule has 1 rings (SSSR count). The fourth-order valence-corrected chi connectivity index (χ4v) is 1.83. The van der Waals surface area contributed by atoms with Crippen molar-refractivity contribution in [1.29, 1.82) is 0 Å². The molecule has 0 saturated carbocycles. The summed E-state index contributed by atoms with van der Waals surface area (Å²) in [6.45, 7) is 4.90. The van der Waals surface area contributed by atoms with Crippen LogP contribution in [0.2, 0.25) is 0 Å². The smallest absolute Gasteiger partial charge is 0.362 e. The highest BCUT2D eigenvalue weighted by Crippen LogP contribution is 2.15. The van der Waals surface area contributed by atoms with Crippen molar-refractivity contribution in [3.63, 3.8) is 0 Å². The van der Waals surface area contributed by atoms with Gasteiger partial charge < -0.3 is 15.3 Å². The van der Waals surface area contributed by atoms with Crippen LogP contribution in [-0.2, 0) is 25.5 Å². The average molecular weight is 348 g/mol. The van der Waals surface area contributed by atoms with Crippen LogP contribution in [0.15, 0.2) is 34.5 Å². The number of aryl methyl sites for hydroxylation is 1. The molecule has 0 heterocycles. The lowest BCUT2D eigenvalue weighted by atomic mass is 10.1. The van der Waals surface area contributed by atoms with E-state index in [-0.39, 0.29) is 12.3 Å². The topological polar surface area (TPSA) is 129 Å². The predicted octanol–water partition coefficient (Wildman–Crippen LogP) is 1.07. The first-order valence-electron chi connectivity index (χ1n) is 7.57. The van der Waals surface area contributed by atoms with Crippen molar-refractivity contribution >= 4 is 34.9 Å². The number of hydrogen-bond donors (Lipinski definition) is 3. The van der Waals surface area contributed by atoms with Crippen molar-refractivity contribution in [2.75, 3.05) is 11.9 Å². The number of benzene rings is 1. The van der Waals surface area contributed by atoms with Gasteiger partial charge in [0.05, 0.1) is 12.3 Å². The fraction of sp³-hybridized carbons (Fsp3) is 0.312. The summed E-state index contributed by atoms with van der Waals surface area (Å²) in [6, 6.07) is 7.07. The van der Waals surface area contributed by atoms with Gasteiger partial charge in [-0.15, -0.1) is 0 Å². The van der Waals surface area contributed by atoms with Gasteiger partial charge in [0.15, 0.2) is 0 Å². The second-order valence-corrected chi connectivity index (χ2v) is 4.77. The molecule has 0 atom stereocenters. The van der Waals surface area contributed by atoms with E-state index in [1.807, 2.05) is 24.5 Å². The lowest BCUT2D eigenvalue weighted by Gasteiger charge is -2.09. The molecule has 9 nitrogen and oxygen atoms in total. The van der Waals surface area contributed by atoms with Crippen LogP contribution in [0, 0.1) is 0 Å². The molecule has 25 heavy (non-hydrogen) atoms. The lowest BCUT2D eigenvalue weighted by molar-refractivity contribution is -0.136. The van der Waals surface area contributed by atoms with Crippen LogP contribution in [0.1, 0.15) is 26.3 Å². The SMILES string of the molecule is CCOC(=O)C(=N\O)/C(C)=N/NC(=O)C(=O)Nc1ccccc1CC. The van der Waals surface area contributed by atoms with E-state index in [4.69, 9.17) is 5.21 Å². The van der Waals surface area contributed by atoms with Crippen molar-refractivity contribution < 1.29 is 24.3 Å². The molecule has 1 aromatic rings. The summed E-state index contributed by atoms with van der Waals surface area (Å²) in [5, 5.41) is 17.7. The normalized spacial score (nSPS) is 11.6. The fourth-order valence-electron chi connectivity index (χ4n) is 1.83. The maximum Gasteiger partial charge on any atom is 0.362 e. The van der Waals surface area contributed by atoms with Gasteiger partial charge >= 0.3 is 17.8 Å². The Morgan fingerprint density at radius 1 is 1.16 bits per heavy atom. The van der Waals surface area contributed by atoms with Gasteiger partial charge in [0.25, 0.3) is 0 Å². The summed E-state index contributed by atoms with van der Waals surface area (Å²) in [4.78, 5) is 35.2. The predicted molar refractivity (Wildman–Crippen MR) is 91.6 cm³/mol. The minimum Gasteiger partial charge on any atom is -0.461 e. The van der Waals surface area contributed by atoms with Gasteiger partial charge in [-0.05, 0) is 31.9 Å². The van der Waals surface area contributed by atoms with Crippen LogP contribution in [0.4, 0.5) is 5.69 Å². The van der Waals surface area contributed by atoms with Gasteiger partial charge in [0.2, 0.25) is 5.71 Å². The van der Waals surface area contributed by atoms with Gasteiger partial charge in [0.1, 0.15) is 0 Å². The maximum atomic E-state index is 11.9. The van der Waals surface area contributed by atoms with E-state index in [0.29, 0.717) is 12.1 Å². The van der Waals surface area contributed by atoms with Crippen LogP contribution in [-0.4, -0.2) is 41.0 Å². The molecule has 134 valence electrons. The summed E-state index contributed by atoms with van der Waals surface area (Å²) < 4.78 is 4.67. The summed E-state index contributed by atoms with van der Waals surface area (Å²) in [5.41, 5.74) is 2.80. The summed E-state index contributed by atoms with van der Waals surface area (Å²) in [6.07, 6.45) is 0.686. The Balaban J connectivity index is 2.74.